The van der Waals surface area contributed by atoms with E-state index in [1.807, 2.05) is 61.5 Å². The lowest BCUT2D eigenvalue weighted by molar-refractivity contribution is -0.121. The third kappa shape index (κ3) is 4.72. The van der Waals surface area contributed by atoms with Crippen molar-refractivity contribution in [3.8, 4) is 0 Å². The van der Waals surface area contributed by atoms with Crippen molar-refractivity contribution in [1.29, 1.82) is 0 Å². The number of benzene rings is 2. The maximum Gasteiger partial charge on any atom is 0.224 e. The highest BCUT2D eigenvalue weighted by molar-refractivity contribution is 5.79. The summed E-state index contributed by atoms with van der Waals surface area (Å²) in [6, 6.07) is 17.5. The summed E-state index contributed by atoms with van der Waals surface area (Å²) in [4.78, 5) is 12.1. The minimum Gasteiger partial charge on any atom is -0.394 e. The Hall–Kier alpha value is -2.13. The van der Waals surface area contributed by atoms with Gasteiger partial charge in [-0.15, -0.1) is 0 Å². The second kappa shape index (κ2) is 7.60. The number of aliphatic hydroxyl groups excluding tert-OH is 1. The Morgan fingerprint density at radius 3 is 2.43 bits per heavy atom. The molecule has 110 valence electrons. The van der Waals surface area contributed by atoms with Crippen LogP contribution in [0, 0.1) is 6.92 Å². The van der Waals surface area contributed by atoms with Gasteiger partial charge < -0.3 is 10.4 Å². The highest BCUT2D eigenvalue weighted by Crippen LogP contribution is 2.08. The summed E-state index contributed by atoms with van der Waals surface area (Å²) in [5, 5.41) is 12.3. The standard InChI is InChI=1S/C18H21NO2/c1-14-7-5-6-10-16(14)12-18(21)19-17(13-20)11-15-8-3-2-4-9-15/h2-10,17,20H,11-13H2,1H3,(H,19,21)/t17-/m1/s1. The Morgan fingerprint density at radius 2 is 1.76 bits per heavy atom. The normalized spacial score (nSPS) is 11.9. The van der Waals surface area contributed by atoms with Crippen molar-refractivity contribution in [3.63, 3.8) is 0 Å². The summed E-state index contributed by atoms with van der Waals surface area (Å²) in [7, 11) is 0. The quantitative estimate of drug-likeness (QED) is 0.854. The predicted octanol–water partition coefficient (Wildman–Crippen LogP) is 2.26. The van der Waals surface area contributed by atoms with Gasteiger partial charge in [-0.3, -0.25) is 4.79 Å². The second-order valence-electron chi connectivity index (χ2n) is 5.24. The van der Waals surface area contributed by atoms with Crippen LogP contribution in [0.4, 0.5) is 0 Å². The van der Waals surface area contributed by atoms with Gasteiger partial charge in [0.2, 0.25) is 5.91 Å². The van der Waals surface area contributed by atoms with E-state index in [0.717, 1.165) is 16.7 Å². The van der Waals surface area contributed by atoms with Crippen LogP contribution in [0.25, 0.3) is 0 Å². The van der Waals surface area contributed by atoms with E-state index < -0.39 is 0 Å². The molecule has 2 N–H and O–H groups in total. The van der Waals surface area contributed by atoms with Gasteiger partial charge in [0, 0.05) is 0 Å². The molecule has 0 aliphatic carbocycles. The number of aliphatic hydroxyl groups is 1. The average Bonchev–Trinajstić information content (AvgIpc) is 2.50. The Labute approximate surface area is 125 Å². The Kier molecular flexibility index (Phi) is 5.52. The van der Waals surface area contributed by atoms with Crippen molar-refractivity contribution in [3.05, 3.63) is 71.3 Å². The molecule has 0 aromatic heterocycles. The van der Waals surface area contributed by atoms with Gasteiger partial charge in [0.05, 0.1) is 19.1 Å². The molecule has 0 spiro atoms. The van der Waals surface area contributed by atoms with Crippen molar-refractivity contribution in [2.75, 3.05) is 6.61 Å². The Morgan fingerprint density at radius 1 is 1.10 bits per heavy atom. The van der Waals surface area contributed by atoms with Gasteiger partial charge in [-0.25, -0.2) is 0 Å². The Balaban J connectivity index is 1.92. The van der Waals surface area contributed by atoms with Gasteiger partial charge in [-0.2, -0.15) is 0 Å². The van der Waals surface area contributed by atoms with Gasteiger partial charge in [-0.1, -0.05) is 54.6 Å². The Bertz CT molecular complexity index is 581. The SMILES string of the molecule is Cc1ccccc1CC(=O)N[C@@H](CO)Cc1ccccc1. The average molecular weight is 283 g/mol. The summed E-state index contributed by atoms with van der Waals surface area (Å²) in [6.45, 7) is 1.94. The van der Waals surface area contributed by atoms with Crippen LogP contribution in [0.1, 0.15) is 16.7 Å². The van der Waals surface area contributed by atoms with E-state index in [2.05, 4.69) is 5.32 Å². The highest BCUT2D eigenvalue weighted by atomic mass is 16.3. The van der Waals surface area contributed by atoms with E-state index in [1.165, 1.54) is 0 Å². The van der Waals surface area contributed by atoms with Crippen molar-refractivity contribution in [1.82, 2.24) is 5.32 Å². The van der Waals surface area contributed by atoms with Crippen LogP contribution >= 0.6 is 0 Å². The lowest BCUT2D eigenvalue weighted by Gasteiger charge is -2.17. The number of amides is 1. The molecule has 2 rings (SSSR count). The van der Waals surface area contributed by atoms with Crippen molar-refractivity contribution < 1.29 is 9.90 Å². The molecule has 0 unspecified atom stereocenters. The first-order chi connectivity index (χ1) is 10.2. The number of nitrogens with one attached hydrogen (secondary N) is 1. The molecule has 3 nitrogen and oxygen atoms in total. The third-order valence-corrected chi connectivity index (χ3v) is 3.52. The summed E-state index contributed by atoms with van der Waals surface area (Å²) < 4.78 is 0. The first kappa shape index (κ1) is 15.3. The maximum absolute atomic E-state index is 12.1. The molecule has 3 heteroatoms. The van der Waals surface area contributed by atoms with E-state index in [-0.39, 0.29) is 18.6 Å². The molecule has 21 heavy (non-hydrogen) atoms. The van der Waals surface area contributed by atoms with Crippen molar-refractivity contribution in [2.24, 2.45) is 0 Å². The summed E-state index contributed by atoms with van der Waals surface area (Å²) in [6.07, 6.45) is 0.981. The fourth-order valence-corrected chi connectivity index (χ4v) is 2.32. The van der Waals surface area contributed by atoms with Crippen LogP contribution in [0.3, 0.4) is 0 Å². The molecule has 2 aromatic carbocycles. The molecular weight excluding hydrogens is 262 g/mol. The van der Waals surface area contributed by atoms with Crippen LogP contribution in [0.5, 0.6) is 0 Å². The molecule has 0 fully saturated rings. The molecular formula is C18H21NO2. The monoisotopic (exact) mass is 283 g/mol. The number of rotatable bonds is 6. The van der Waals surface area contributed by atoms with E-state index >= 15 is 0 Å². The summed E-state index contributed by atoms with van der Waals surface area (Å²) >= 11 is 0. The van der Waals surface area contributed by atoms with Crippen molar-refractivity contribution in [2.45, 2.75) is 25.8 Å². The largest absolute Gasteiger partial charge is 0.394 e. The number of carbonyl (C=O) groups is 1. The van der Waals surface area contributed by atoms with E-state index in [9.17, 15) is 9.90 Å². The minimum atomic E-state index is -0.246. The molecule has 0 heterocycles. The van der Waals surface area contributed by atoms with Gasteiger partial charge in [0.1, 0.15) is 0 Å². The van der Waals surface area contributed by atoms with E-state index in [1.54, 1.807) is 0 Å². The van der Waals surface area contributed by atoms with E-state index in [4.69, 9.17) is 0 Å². The van der Waals surface area contributed by atoms with Gasteiger partial charge >= 0.3 is 0 Å². The number of carbonyl (C=O) groups excluding carboxylic acids is 1. The number of hydrogen-bond donors (Lipinski definition) is 2. The van der Waals surface area contributed by atoms with Gasteiger partial charge in [0.15, 0.2) is 0 Å². The first-order valence-electron chi connectivity index (χ1n) is 7.17. The topological polar surface area (TPSA) is 49.3 Å². The van der Waals surface area contributed by atoms with Crippen LogP contribution < -0.4 is 5.32 Å². The summed E-state index contributed by atoms with van der Waals surface area (Å²) in [5.41, 5.74) is 3.23. The molecule has 0 bridgehead atoms. The molecule has 0 aliphatic rings. The third-order valence-electron chi connectivity index (χ3n) is 3.52. The smallest absolute Gasteiger partial charge is 0.224 e. The molecule has 0 saturated carbocycles. The number of aryl methyl sites for hydroxylation is 1. The molecule has 0 saturated heterocycles. The highest BCUT2D eigenvalue weighted by Gasteiger charge is 2.13. The maximum atomic E-state index is 12.1. The zero-order valence-corrected chi connectivity index (χ0v) is 12.3. The first-order valence-corrected chi connectivity index (χ1v) is 7.17. The van der Waals surface area contributed by atoms with Gasteiger partial charge in [0.25, 0.3) is 0 Å². The van der Waals surface area contributed by atoms with Crippen LogP contribution in [0.2, 0.25) is 0 Å². The summed E-state index contributed by atoms with van der Waals surface area (Å²) in [5.74, 6) is -0.0562. The van der Waals surface area contributed by atoms with Crippen LogP contribution in [0.15, 0.2) is 54.6 Å². The van der Waals surface area contributed by atoms with Crippen molar-refractivity contribution >= 4 is 5.91 Å². The lowest BCUT2D eigenvalue weighted by Crippen LogP contribution is -2.40. The molecule has 0 radical (unpaired) electrons. The zero-order valence-electron chi connectivity index (χ0n) is 12.3. The molecule has 1 atom stereocenters. The fourth-order valence-electron chi connectivity index (χ4n) is 2.32. The fraction of sp³-hybridized carbons (Fsp3) is 0.278. The van der Waals surface area contributed by atoms with Crippen LogP contribution in [-0.4, -0.2) is 23.7 Å². The zero-order chi connectivity index (χ0) is 15.1. The minimum absolute atomic E-state index is 0.0562. The molecule has 2 aromatic rings. The number of hydrogen-bond acceptors (Lipinski definition) is 2. The lowest BCUT2D eigenvalue weighted by atomic mass is 10.0. The van der Waals surface area contributed by atoms with E-state index in [0.29, 0.717) is 12.8 Å². The molecule has 1 amide bonds. The second-order valence-corrected chi connectivity index (χ2v) is 5.24. The molecule has 0 aliphatic heterocycles. The predicted molar refractivity (Wildman–Crippen MR) is 84.0 cm³/mol. The van der Waals surface area contributed by atoms with Crippen LogP contribution in [-0.2, 0) is 17.6 Å². The van der Waals surface area contributed by atoms with Gasteiger partial charge in [-0.05, 0) is 30.0 Å².